The van der Waals surface area contributed by atoms with Gasteiger partial charge in [0.15, 0.2) is 12.8 Å². The van der Waals surface area contributed by atoms with E-state index < -0.39 is 6.10 Å². The molecular weight excluding hydrogens is 410 g/mol. The van der Waals surface area contributed by atoms with Crippen LogP contribution in [0.15, 0.2) is 59.6 Å². The van der Waals surface area contributed by atoms with E-state index in [-0.39, 0.29) is 11.3 Å². The van der Waals surface area contributed by atoms with Crippen molar-refractivity contribution in [3.8, 4) is 5.75 Å². The average molecular weight is 442 g/mol. The Hall–Kier alpha value is -2.44. The molecule has 1 aliphatic rings. The lowest BCUT2D eigenvalue weighted by Gasteiger charge is -2.25. The summed E-state index contributed by atoms with van der Waals surface area (Å²) >= 11 is 1.83. The van der Waals surface area contributed by atoms with Gasteiger partial charge in [-0.1, -0.05) is 48.2 Å². The number of allylic oxidation sites excluding steroid dienone is 1. The van der Waals surface area contributed by atoms with E-state index in [0.29, 0.717) is 26.4 Å². The minimum Gasteiger partial charge on any atom is -0.473 e. The number of benzene rings is 2. The van der Waals surface area contributed by atoms with E-state index in [1.165, 1.54) is 10.5 Å². The van der Waals surface area contributed by atoms with Gasteiger partial charge < -0.3 is 19.1 Å². The Bertz CT molecular complexity index is 900. The molecule has 3 rings (SSSR count). The molecule has 0 fully saturated rings. The third-order valence-electron chi connectivity index (χ3n) is 5.05. The van der Waals surface area contributed by atoms with Gasteiger partial charge in [0, 0.05) is 24.1 Å². The molecule has 2 unspecified atom stereocenters. The number of hydrogen-bond donors (Lipinski definition) is 0. The summed E-state index contributed by atoms with van der Waals surface area (Å²) in [4.78, 5) is 15.6. The van der Waals surface area contributed by atoms with Gasteiger partial charge in [-0.25, -0.2) is 4.79 Å². The molecule has 2 atom stereocenters. The second-order valence-corrected chi connectivity index (χ2v) is 8.72. The first-order chi connectivity index (χ1) is 15.0. The van der Waals surface area contributed by atoms with Crippen LogP contribution in [0.5, 0.6) is 5.75 Å². The number of aryl methyl sites for hydroxylation is 1. The lowest BCUT2D eigenvalue weighted by molar-refractivity contribution is -0.156. The van der Waals surface area contributed by atoms with Crippen molar-refractivity contribution in [3.05, 3.63) is 76.3 Å². The number of carbonyl (C=O) groups is 1. The van der Waals surface area contributed by atoms with Gasteiger partial charge in [-0.05, 0) is 56.5 Å². The Kier molecular flexibility index (Phi) is 8.43. The van der Waals surface area contributed by atoms with Crippen LogP contribution in [0, 0.1) is 6.92 Å². The van der Waals surface area contributed by atoms with Crippen molar-refractivity contribution in [2.75, 3.05) is 19.9 Å². The zero-order valence-electron chi connectivity index (χ0n) is 18.7. The lowest BCUT2D eigenvalue weighted by atomic mass is 10.0. The molecule has 31 heavy (non-hydrogen) atoms. The third kappa shape index (κ3) is 6.28. The molecule has 0 spiro atoms. The Morgan fingerprint density at radius 3 is 2.55 bits per heavy atom. The van der Waals surface area contributed by atoms with Crippen molar-refractivity contribution in [1.82, 2.24) is 4.90 Å². The largest absolute Gasteiger partial charge is 0.473 e. The smallest absolute Gasteiger partial charge is 0.335 e. The molecule has 2 aromatic rings. The fourth-order valence-electron chi connectivity index (χ4n) is 3.54. The van der Waals surface area contributed by atoms with Crippen LogP contribution in [0.3, 0.4) is 0 Å². The molecule has 0 saturated heterocycles. The van der Waals surface area contributed by atoms with Crippen molar-refractivity contribution in [1.29, 1.82) is 0 Å². The standard InChI is InChI=1S/C25H31NO4S/c1-5-28-23(25(27)29-6-2)15-21-12-13-22(14-18(21)3)30-17-26-16-19(4)31-24(26)20-10-8-7-9-11-20/h7-14,16,23-24H,5-6,15,17H2,1-4H3. The molecule has 1 aliphatic heterocycles. The minimum atomic E-state index is -0.586. The van der Waals surface area contributed by atoms with E-state index in [1.54, 1.807) is 6.92 Å². The van der Waals surface area contributed by atoms with Gasteiger partial charge >= 0.3 is 5.97 Å². The van der Waals surface area contributed by atoms with Gasteiger partial charge in [0.05, 0.1) is 6.61 Å². The summed E-state index contributed by atoms with van der Waals surface area (Å²) in [5.74, 6) is 0.491. The highest BCUT2D eigenvalue weighted by molar-refractivity contribution is 8.03. The normalized spacial score (nSPS) is 16.7. The summed E-state index contributed by atoms with van der Waals surface area (Å²) in [6.45, 7) is 9.11. The van der Waals surface area contributed by atoms with Gasteiger partial charge in [0.25, 0.3) is 0 Å². The predicted octanol–water partition coefficient (Wildman–Crippen LogP) is 5.45. The first kappa shape index (κ1) is 23.2. The summed E-state index contributed by atoms with van der Waals surface area (Å²) in [7, 11) is 0. The van der Waals surface area contributed by atoms with Gasteiger partial charge in [-0.3, -0.25) is 0 Å². The van der Waals surface area contributed by atoms with Crippen LogP contribution in [-0.4, -0.2) is 36.9 Å². The second-order valence-electron chi connectivity index (χ2n) is 7.40. The SMILES string of the molecule is CCOC(=O)C(Cc1ccc(OCN2C=C(C)SC2c2ccccc2)cc1C)OCC. The number of nitrogens with zero attached hydrogens (tertiary/aromatic N) is 1. The fraction of sp³-hybridized carbons (Fsp3) is 0.400. The quantitative estimate of drug-likeness (QED) is 0.457. The van der Waals surface area contributed by atoms with Crippen LogP contribution in [0.25, 0.3) is 0 Å². The van der Waals surface area contributed by atoms with Gasteiger partial charge in [0.1, 0.15) is 11.1 Å². The molecule has 0 aliphatic carbocycles. The highest BCUT2D eigenvalue weighted by Crippen LogP contribution is 2.43. The predicted molar refractivity (Wildman–Crippen MR) is 125 cm³/mol. The first-order valence-corrected chi connectivity index (χ1v) is 11.6. The van der Waals surface area contributed by atoms with Crippen LogP contribution in [-0.2, 0) is 20.7 Å². The summed E-state index contributed by atoms with van der Waals surface area (Å²) in [6, 6.07) is 16.4. The average Bonchev–Trinajstić information content (AvgIpc) is 3.14. The molecule has 6 heteroatoms. The maximum atomic E-state index is 12.2. The Labute approximate surface area is 189 Å². The van der Waals surface area contributed by atoms with Gasteiger partial charge in [-0.2, -0.15) is 0 Å². The Balaban J connectivity index is 1.64. The van der Waals surface area contributed by atoms with E-state index in [2.05, 4.69) is 42.3 Å². The zero-order valence-corrected chi connectivity index (χ0v) is 19.5. The molecule has 0 amide bonds. The molecular formula is C25H31NO4S. The number of hydrogen-bond acceptors (Lipinski definition) is 6. The molecule has 0 saturated carbocycles. The molecule has 0 radical (unpaired) electrons. The number of thioether (sulfide) groups is 1. The summed E-state index contributed by atoms with van der Waals surface area (Å²) in [5, 5.41) is 0.220. The minimum absolute atomic E-state index is 0.220. The summed E-state index contributed by atoms with van der Waals surface area (Å²) in [5.41, 5.74) is 3.37. The van der Waals surface area contributed by atoms with Crippen LogP contribution >= 0.6 is 11.8 Å². The maximum Gasteiger partial charge on any atom is 0.335 e. The van der Waals surface area contributed by atoms with Crippen molar-refractivity contribution < 1.29 is 19.0 Å². The molecule has 2 aromatic carbocycles. The van der Waals surface area contributed by atoms with E-state index in [4.69, 9.17) is 14.2 Å². The van der Waals surface area contributed by atoms with E-state index in [0.717, 1.165) is 16.9 Å². The third-order valence-corrected chi connectivity index (χ3v) is 6.29. The lowest BCUT2D eigenvalue weighted by Crippen LogP contribution is -2.29. The van der Waals surface area contributed by atoms with Crippen molar-refractivity contribution >= 4 is 17.7 Å². The highest BCUT2D eigenvalue weighted by Gasteiger charge is 2.25. The van der Waals surface area contributed by atoms with Crippen molar-refractivity contribution in [3.63, 3.8) is 0 Å². The van der Waals surface area contributed by atoms with E-state index in [1.807, 2.05) is 49.9 Å². The highest BCUT2D eigenvalue weighted by atomic mass is 32.2. The topological polar surface area (TPSA) is 48.0 Å². The van der Waals surface area contributed by atoms with Crippen LogP contribution < -0.4 is 4.74 Å². The molecule has 0 aromatic heterocycles. The second kappa shape index (κ2) is 11.3. The number of esters is 1. The summed E-state index contributed by atoms with van der Waals surface area (Å²) < 4.78 is 16.9. The number of rotatable bonds is 10. The molecule has 5 nitrogen and oxygen atoms in total. The van der Waals surface area contributed by atoms with Crippen LogP contribution in [0.1, 0.15) is 42.8 Å². The van der Waals surface area contributed by atoms with Crippen LogP contribution in [0.4, 0.5) is 0 Å². The number of carbonyl (C=O) groups excluding carboxylic acids is 1. The van der Waals surface area contributed by atoms with Crippen LogP contribution in [0.2, 0.25) is 0 Å². The fourth-order valence-corrected chi connectivity index (χ4v) is 4.64. The molecule has 1 heterocycles. The zero-order chi connectivity index (χ0) is 22.2. The molecule has 0 N–H and O–H groups in total. The molecule has 0 bridgehead atoms. The van der Waals surface area contributed by atoms with Gasteiger partial charge in [0.2, 0.25) is 0 Å². The maximum absolute atomic E-state index is 12.2. The first-order valence-electron chi connectivity index (χ1n) is 10.7. The Morgan fingerprint density at radius 1 is 1.10 bits per heavy atom. The molecule has 166 valence electrons. The summed E-state index contributed by atoms with van der Waals surface area (Å²) in [6.07, 6.45) is 2.05. The van der Waals surface area contributed by atoms with Crippen molar-refractivity contribution in [2.24, 2.45) is 0 Å². The van der Waals surface area contributed by atoms with E-state index >= 15 is 0 Å². The van der Waals surface area contributed by atoms with Gasteiger partial charge in [-0.15, -0.1) is 0 Å². The van der Waals surface area contributed by atoms with Crippen molar-refractivity contribution in [2.45, 2.75) is 45.6 Å². The Morgan fingerprint density at radius 2 is 1.87 bits per heavy atom. The number of ether oxygens (including phenoxy) is 3. The van der Waals surface area contributed by atoms with E-state index in [9.17, 15) is 4.79 Å². The monoisotopic (exact) mass is 441 g/mol.